The number of aromatic nitrogens is 1. The van der Waals surface area contributed by atoms with Gasteiger partial charge in [-0.15, -0.1) is 0 Å². The highest BCUT2D eigenvalue weighted by Crippen LogP contribution is 2.20. The van der Waals surface area contributed by atoms with Crippen molar-refractivity contribution < 1.29 is 0 Å². The van der Waals surface area contributed by atoms with Gasteiger partial charge in [-0.2, -0.15) is 0 Å². The van der Waals surface area contributed by atoms with E-state index in [2.05, 4.69) is 55.7 Å². The maximum absolute atomic E-state index is 5.73. The normalized spacial score (nSPS) is 10.8. The summed E-state index contributed by atoms with van der Waals surface area (Å²) < 4.78 is 2.26. The van der Waals surface area contributed by atoms with Gasteiger partial charge in [0.1, 0.15) is 0 Å². The van der Waals surface area contributed by atoms with Crippen LogP contribution >= 0.6 is 0 Å². The lowest BCUT2D eigenvalue weighted by Gasteiger charge is -2.10. The van der Waals surface area contributed by atoms with Crippen LogP contribution in [-0.2, 0) is 6.54 Å². The van der Waals surface area contributed by atoms with E-state index >= 15 is 0 Å². The first-order chi connectivity index (χ1) is 7.63. The lowest BCUT2D eigenvalue weighted by Crippen LogP contribution is -2.02. The molecule has 16 heavy (non-hydrogen) atoms. The van der Waals surface area contributed by atoms with E-state index in [9.17, 15) is 0 Å². The van der Waals surface area contributed by atoms with Crippen LogP contribution in [0.15, 0.2) is 30.3 Å². The molecule has 2 heteroatoms. The molecule has 0 bridgehead atoms. The van der Waals surface area contributed by atoms with Crippen molar-refractivity contribution in [3.05, 3.63) is 52.8 Å². The molecule has 0 saturated carbocycles. The molecule has 84 valence electrons. The topological polar surface area (TPSA) is 30.9 Å². The van der Waals surface area contributed by atoms with Gasteiger partial charge in [0.15, 0.2) is 0 Å². The summed E-state index contributed by atoms with van der Waals surface area (Å²) in [5.41, 5.74) is 11.9. The Hall–Kier alpha value is -1.54. The number of nitrogens with zero attached hydrogens (tertiary/aromatic N) is 1. The van der Waals surface area contributed by atoms with Crippen molar-refractivity contribution in [2.45, 2.75) is 27.3 Å². The Morgan fingerprint density at radius 3 is 2.44 bits per heavy atom. The zero-order valence-corrected chi connectivity index (χ0v) is 10.1. The summed E-state index contributed by atoms with van der Waals surface area (Å²) in [7, 11) is 0. The minimum Gasteiger partial charge on any atom is -0.326 e. The predicted octanol–water partition coefficient (Wildman–Crippen LogP) is 2.86. The molecule has 2 rings (SSSR count). The molecule has 0 atom stereocenters. The van der Waals surface area contributed by atoms with E-state index in [0.717, 1.165) is 0 Å². The van der Waals surface area contributed by atoms with Gasteiger partial charge in [-0.25, -0.2) is 0 Å². The third kappa shape index (κ3) is 1.76. The first-order valence-electron chi connectivity index (χ1n) is 5.58. The molecular formula is C14H18N2. The van der Waals surface area contributed by atoms with E-state index < -0.39 is 0 Å². The second-order valence-corrected chi connectivity index (χ2v) is 4.27. The van der Waals surface area contributed by atoms with Gasteiger partial charge in [-0.3, -0.25) is 0 Å². The third-order valence-electron chi connectivity index (χ3n) is 3.02. The smallest absolute Gasteiger partial charge is 0.0457 e. The molecule has 0 unspecified atom stereocenters. The van der Waals surface area contributed by atoms with Crippen LogP contribution in [0.1, 0.15) is 22.5 Å². The number of hydrogen-bond acceptors (Lipinski definition) is 1. The first-order valence-corrected chi connectivity index (χ1v) is 5.58. The lowest BCUT2D eigenvalue weighted by molar-refractivity contribution is 0.941. The van der Waals surface area contributed by atoms with Crippen molar-refractivity contribution in [3.63, 3.8) is 0 Å². The summed E-state index contributed by atoms with van der Waals surface area (Å²) in [4.78, 5) is 0. The Balaban J connectivity index is 2.60. The van der Waals surface area contributed by atoms with E-state index in [1.165, 1.54) is 28.2 Å². The van der Waals surface area contributed by atoms with Gasteiger partial charge in [0.2, 0.25) is 0 Å². The third-order valence-corrected chi connectivity index (χ3v) is 3.02. The highest BCUT2D eigenvalue weighted by molar-refractivity contribution is 5.42. The second-order valence-electron chi connectivity index (χ2n) is 4.27. The van der Waals surface area contributed by atoms with E-state index in [1.807, 2.05) is 0 Å². The fourth-order valence-electron chi connectivity index (χ4n) is 2.20. The maximum Gasteiger partial charge on any atom is 0.0457 e. The van der Waals surface area contributed by atoms with Crippen LogP contribution in [0, 0.1) is 20.8 Å². The number of nitrogens with two attached hydrogens (primary N) is 1. The largest absolute Gasteiger partial charge is 0.326 e. The van der Waals surface area contributed by atoms with E-state index in [-0.39, 0.29) is 0 Å². The molecule has 0 aliphatic carbocycles. The van der Waals surface area contributed by atoms with Gasteiger partial charge in [0.05, 0.1) is 0 Å². The van der Waals surface area contributed by atoms with Gasteiger partial charge in [0.25, 0.3) is 0 Å². The average molecular weight is 214 g/mol. The molecule has 0 radical (unpaired) electrons. The summed E-state index contributed by atoms with van der Waals surface area (Å²) >= 11 is 0. The van der Waals surface area contributed by atoms with Crippen molar-refractivity contribution >= 4 is 0 Å². The van der Waals surface area contributed by atoms with Crippen LogP contribution in [0.3, 0.4) is 0 Å². The zero-order valence-electron chi connectivity index (χ0n) is 10.1. The van der Waals surface area contributed by atoms with Gasteiger partial charge in [-0.05, 0) is 50.1 Å². The molecule has 2 nitrogen and oxygen atoms in total. The van der Waals surface area contributed by atoms with Gasteiger partial charge >= 0.3 is 0 Å². The maximum atomic E-state index is 5.73. The SMILES string of the molecule is Cc1cccc(-n2c(C)cc(CN)c2C)c1. The minimum atomic E-state index is 0.603. The Kier molecular flexibility index (Phi) is 2.84. The molecule has 0 aliphatic rings. The van der Waals surface area contributed by atoms with Gasteiger partial charge in [-0.1, -0.05) is 12.1 Å². The summed E-state index contributed by atoms with van der Waals surface area (Å²) in [6, 6.07) is 10.7. The lowest BCUT2D eigenvalue weighted by atomic mass is 10.2. The Labute approximate surface area is 96.7 Å². The predicted molar refractivity (Wildman–Crippen MR) is 67.9 cm³/mol. The van der Waals surface area contributed by atoms with Crippen molar-refractivity contribution in [1.29, 1.82) is 0 Å². The summed E-state index contributed by atoms with van der Waals surface area (Å²) in [6.45, 7) is 6.96. The first kappa shape index (κ1) is 11.0. The Bertz CT molecular complexity index is 509. The molecule has 0 spiro atoms. The van der Waals surface area contributed by atoms with Gasteiger partial charge < -0.3 is 10.3 Å². The van der Waals surface area contributed by atoms with Crippen molar-refractivity contribution in [2.24, 2.45) is 5.73 Å². The fourth-order valence-corrected chi connectivity index (χ4v) is 2.20. The number of hydrogen-bond donors (Lipinski definition) is 1. The summed E-state index contributed by atoms with van der Waals surface area (Å²) in [5, 5.41) is 0. The van der Waals surface area contributed by atoms with E-state index in [4.69, 9.17) is 5.73 Å². The van der Waals surface area contributed by atoms with Crippen molar-refractivity contribution in [2.75, 3.05) is 0 Å². The highest BCUT2D eigenvalue weighted by Gasteiger charge is 2.08. The van der Waals surface area contributed by atoms with Crippen LogP contribution in [0.5, 0.6) is 0 Å². The average Bonchev–Trinajstić information content (AvgIpc) is 2.53. The summed E-state index contributed by atoms with van der Waals surface area (Å²) in [5.74, 6) is 0. The number of rotatable bonds is 2. The highest BCUT2D eigenvalue weighted by atomic mass is 15.0. The molecular weight excluding hydrogens is 196 g/mol. The Morgan fingerprint density at radius 2 is 1.88 bits per heavy atom. The monoisotopic (exact) mass is 214 g/mol. The molecule has 0 saturated heterocycles. The molecule has 0 fully saturated rings. The molecule has 2 N–H and O–H groups in total. The molecule has 0 amide bonds. The standard InChI is InChI=1S/C14H18N2/c1-10-5-4-6-14(7-10)16-11(2)8-13(9-15)12(16)3/h4-8H,9,15H2,1-3H3. The van der Waals surface area contributed by atoms with Crippen molar-refractivity contribution in [3.8, 4) is 5.69 Å². The minimum absolute atomic E-state index is 0.603. The molecule has 1 aromatic carbocycles. The van der Waals surface area contributed by atoms with Gasteiger partial charge in [0, 0.05) is 23.6 Å². The molecule has 2 aromatic rings. The van der Waals surface area contributed by atoms with E-state index in [0.29, 0.717) is 6.54 Å². The zero-order chi connectivity index (χ0) is 11.7. The molecule has 1 heterocycles. The van der Waals surface area contributed by atoms with Crippen LogP contribution in [0.2, 0.25) is 0 Å². The van der Waals surface area contributed by atoms with Crippen LogP contribution in [0.25, 0.3) is 5.69 Å². The van der Waals surface area contributed by atoms with Crippen LogP contribution in [-0.4, -0.2) is 4.57 Å². The molecule has 1 aromatic heterocycles. The van der Waals surface area contributed by atoms with Crippen molar-refractivity contribution in [1.82, 2.24) is 4.57 Å². The molecule has 0 aliphatic heterocycles. The van der Waals surface area contributed by atoms with Crippen LogP contribution in [0.4, 0.5) is 0 Å². The van der Waals surface area contributed by atoms with Crippen LogP contribution < -0.4 is 5.73 Å². The number of aryl methyl sites for hydroxylation is 2. The second kappa shape index (κ2) is 4.14. The quantitative estimate of drug-likeness (QED) is 0.818. The fraction of sp³-hybridized carbons (Fsp3) is 0.286. The summed E-state index contributed by atoms with van der Waals surface area (Å²) in [6.07, 6.45) is 0. The van der Waals surface area contributed by atoms with E-state index in [1.54, 1.807) is 0 Å². The Morgan fingerprint density at radius 1 is 1.12 bits per heavy atom. The number of benzene rings is 1.